The van der Waals surface area contributed by atoms with Crippen molar-refractivity contribution in [1.82, 2.24) is 0 Å². The lowest BCUT2D eigenvalue weighted by Gasteiger charge is -2.09. The third-order valence-corrected chi connectivity index (χ3v) is 2.73. The summed E-state index contributed by atoms with van der Waals surface area (Å²) in [6.45, 7) is 0.0832. The third kappa shape index (κ3) is 2.96. The van der Waals surface area contributed by atoms with Crippen LogP contribution in [0.4, 0.5) is 18.9 Å². The number of ether oxygens (including phenoxy) is 1. The zero-order chi connectivity index (χ0) is 14.7. The number of hydrogen-bond donors (Lipinski definition) is 2. The van der Waals surface area contributed by atoms with E-state index < -0.39 is 23.2 Å². The van der Waals surface area contributed by atoms with Gasteiger partial charge in [0.05, 0.1) is 7.11 Å². The van der Waals surface area contributed by atoms with Gasteiger partial charge in [0.2, 0.25) is 0 Å². The Bertz CT molecular complexity index is 609. The molecule has 3 nitrogen and oxygen atoms in total. The molecule has 0 radical (unpaired) electrons. The SMILES string of the molecule is COc1ccc(NCc2cc(F)c(O)c(F)c2)cc1F. The van der Waals surface area contributed by atoms with Gasteiger partial charge >= 0.3 is 0 Å². The normalized spacial score (nSPS) is 10.4. The smallest absolute Gasteiger partial charge is 0.187 e. The van der Waals surface area contributed by atoms with Crippen LogP contribution in [0.15, 0.2) is 30.3 Å². The van der Waals surface area contributed by atoms with E-state index in [1.165, 1.54) is 19.2 Å². The Hall–Kier alpha value is -2.37. The highest BCUT2D eigenvalue weighted by Crippen LogP contribution is 2.23. The average Bonchev–Trinajstić information content (AvgIpc) is 2.42. The predicted octanol–water partition coefficient (Wildman–Crippen LogP) is 3.43. The first-order valence-electron chi connectivity index (χ1n) is 5.75. The van der Waals surface area contributed by atoms with Gasteiger partial charge in [0.15, 0.2) is 29.0 Å². The summed E-state index contributed by atoms with van der Waals surface area (Å²) in [4.78, 5) is 0. The topological polar surface area (TPSA) is 41.5 Å². The number of anilines is 1. The summed E-state index contributed by atoms with van der Waals surface area (Å²) in [5, 5.41) is 11.8. The van der Waals surface area contributed by atoms with Crippen LogP contribution in [-0.4, -0.2) is 12.2 Å². The van der Waals surface area contributed by atoms with E-state index in [0.29, 0.717) is 5.69 Å². The lowest BCUT2D eigenvalue weighted by molar-refractivity contribution is 0.386. The minimum absolute atomic E-state index is 0.0832. The second-order valence-electron chi connectivity index (χ2n) is 4.11. The number of hydrogen-bond acceptors (Lipinski definition) is 3. The molecule has 0 aromatic heterocycles. The van der Waals surface area contributed by atoms with Gasteiger partial charge in [-0.15, -0.1) is 0 Å². The Balaban J connectivity index is 2.11. The number of methoxy groups -OCH3 is 1. The largest absolute Gasteiger partial charge is 0.503 e. The third-order valence-electron chi connectivity index (χ3n) is 2.73. The molecule has 0 aliphatic heterocycles. The fourth-order valence-corrected chi connectivity index (χ4v) is 1.70. The highest BCUT2D eigenvalue weighted by Gasteiger charge is 2.09. The number of benzene rings is 2. The van der Waals surface area contributed by atoms with Crippen molar-refractivity contribution in [2.75, 3.05) is 12.4 Å². The van der Waals surface area contributed by atoms with E-state index in [9.17, 15) is 13.2 Å². The molecule has 0 saturated carbocycles. The number of halogens is 3. The molecule has 2 N–H and O–H groups in total. The number of phenols is 1. The molecule has 6 heteroatoms. The minimum atomic E-state index is -1.04. The van der Waals surface area contributed by atoms with E-state index in [1.807, 2.05) is 0 Å². The maximum absolute atomic E-state index is 13.4. The Kier molecular flexibility index (Phi) is 4.02. The van der Waals surface area contributed by atoms with Crippen LogP contribution < -0.4 is 10.1 Å². The Morgan fingerprint density at radius 1 is 1.05 bits per heavy atom. The van der Waals surface area contributed by atoms with Gasteiger partial charge in [-0.3, -0.25) is 0 Å². The van der Waals surface area contributed by atoms with E-state index in [0.717, 1.165) is 12.1 Å². The average molecular weight is 283 g/mol. The van der Waals surface area contributed by atoms with Gasteiger partial charge in [-0.25, -0.2) is 13.2 Å². The molecule has 2 aromatic rings. The molecule has 0 unspecified atom stereocenters. The lowest BCUT2D eigenvalue weighted by atomic mass is 10.2. The first-order chi connectivity index (χ1) is 9.51. The Labute approximate surface area is 113 Å². The molecule has 0 aliphatic carbocycles. The van der Waals surface area contributed by atoms with Gasteiger partial charge < -0.3 is 15.2 Å². The summed E-state index contributed by atoms with van der Waals surface area (Å²) in [6.07, 6.45) is 0. The summed E-state index contributed by atoms with van der Waals surface area (Å²) in [5.41, 5.74) is 0.728. The van der Waals surface area contributed by atoms with E-state index in [1.54, 1.807) is 6.07 Å². The van der Waals surface area contributed by atoms with Crippen LogP contribution in [0.2, 0.25) is 0 Å². The summed E-state index contributed by atoms with van der Waals surface area (Å²) >= 11 is 0. The second kappa shape index (κ2) is 5.73. The van der Waals surface area contributed by atoms with Gasteiger partial charge in [-0.05, 0) is 29.8 Å². The van der Waals surface area contributed by atoms with Crippen LogP contribution in [0.3, 0.4) is 0 Å². The maximum atomic E-state index is 13.4. The van der Waals surface area contributed by atoms with E-state index in [4.69, 9.17) is 9.84 Å². The standard InChI is InChI=1S/C14H12F3NO2/c1-20-13-3-2-9(6-10(13)15)18-7-8-4-11(16)14(19)12(17)5-8/h2-6,18-19H,7H2,1H3. The van der Waals surface area contributed by atoms with Gasteiger partial charge in [-0.2, -0.15) is 0 Å². The summed E-state index contributed by atoms with van der Waals surface area (Å²) in [6, 6.07) is 6.24. The molecule has 0 spiro atoms. The van der Waals surface area contributed by atoms with Gasteiger partial charge in [0.1, 0.15) is 0 Å². The zero-order valence-electron chi connectivity index (χ0n) is 10.6. The summed E-state index contributed by atoms with van der Waals surface area (Å²) in [5.74, 6) is -3.52. The van der Waals surface area contributed by atoms with Crippen molar-refractivity contribution in [3.05, 3.63) is 53.3 Å². The number of nitrogens with one attached hydrogen (secondary N) is 1. The van der Waals surface area contributed by atoms with Gasteiger partial charge in [0, 0.05) is 18.3 Å². The van der Waals surface area contributed by atoms with E-state index in [2.05, 4.69) is 5.32 Å². The van der Waals surface area contributed by atoms with Crippen molar-refractivity contribution in [1.29, 1.82) is 0 Å². The quantitative estimate of drug-likeness (QED) is 0.903. The molecule has 0 fully saturated rings. The maximum Gasteiger partial charge on any atom is 0.187 e. The second-order valence-corrected chi connectivity index (χ2v) is 4.11. The van der Waals surface area contributed by atoms with Gasteiger partial charge in [-0.1, -0.05) is 0 Å². The minimum Gasteiger partial charge on any atom is -0.503 e. The summed E-state index contributed by atoms with van der Waals surface area (Å²) < 4.78 is 44.5. The van der Waals surface area contributed by atoms with Gasteiger partial charge in [0.25, 0.3) is 0 Å². The molecule has 2 rings (SSSR count). The molecule has 0 heterocycles. The van der Waals surface area contributed by atoms with Crippen molar-refractivity contribution in [3.63, 3.8) is 0 Å². The highest BCUT2D eigenvalue weighted by molar-refractivity contribution is 5.48. The van der Waals surface area contributed by atoms with Crippen LogP contribution in [0.5, 0.6) is 11.5 Å². The van der Waals surface area contributed by atoms with Crippen LogP contribution in [0.1, 0.15) is 5.56 Å². The van der Waals surface area contributed by atoms with Crippen molar-refractivity contribution in [2.24, 2.45) is 0 Å². The molecule has 0 aliphatic rings. The molecule has 20 heavy (non-hydrogen) atoms. The molecule has 0 atom stereocenters. The number of phenolic OH excluding ortho intramolecular Hbond substituents is 1. The fourth-order valence-electron chi connectivity index (χ4n) is 1.70. The lowest BCUT2D eigenvalue weighted by Crippen LogP contribution is -2.01. The van der Waals surface area contributed by atoms with Crippen molar-refractivity contribution < 1.29 is 23.0 Å². The van der Waals surface area contributed by atoms with E-state index >= 15 is 0 Å². The summed E-state index contributed by atoms with van der Waals surface area (Å²) in [7, 11) is 1.35. The van der Waals surface area contributed by atoms with Crippen molar-refractivity contribution in [3.8, 4) is 11.5 Å². The molecule has 106 valence electrons. The highest BCUT2D eigenvalue weighted by atomic mass is 19.1. The van der Waals surface area contributed by atoms with Crippen molar-refractivity contribution in [2.45, 2.75) is 6.54 Å². The molecule has 0 bridgehead atoms. The zero-order valence-corrected chi connectivity index (χ0v) is 10.6. The monoisotopic (exact) mass is 283 g/mol. The molecule has 0 saturated heterocycles. The fraction of sp³-hybridized carbons (Fsp3) is 0.143. The molecule has 0 amide bonds. The van der Waals surface area contributed by atoms with Crippen LogP contribution >= 0.6 is 0 Å². The first-order valence-corrected chi connectivity index (χ1v) is 5.75. The van der Waals surface area contributed by atoms with Crippen LogP contribution in [0, 0.1) is 17.5 Å². The molecule has 2 aromatic carbocycles. The predicted molar refractivity (Wildman–Crippen MR) is 68.3 cm³/mol. The Morgan fingerprint density at radius 2 is 1.70 bits per heavy atom. The first kappa shape index (κ1) is 14.0. The molecular weight excluding hydrogens is 271 g/mol. The van der Waals surface area contributed by atoms with E-state index in [-0.39, 0.29) is 17.9 Å². The van der Waals surface area contributed by atoms with Crippen LogP contribution in [-0.2, 0) is 6.54 Å². The van der Waals surface area contributed by atoms with Crippen molar-refractivity contribution >= 4 is 5.69 Å². The Morgan fingerprint density at radius 3 is 2.25 bits per heavy atom. The van der Waals surface area contributed by atoms with Crippen LogP contribution in [0.25, 0.3) is 0 Å². The molecular formula is C14H12F3NO2. The number of rotatable bonds is 4. The number of aromatic hydroxyl groups is 1.